The van der Waals surface area contributed by atoms with Crippen LogP contribution in [0.3, 0.4) is 0 Å². The number of aryl methyl sites for hydroxylation is 4. The van der Waals surface area contributed by atoms with Gasteiger partial charge in [-0.25, -0.2) is 0 Å². The molecule has 1 aliphatic carbocycles. The molecule has 36 heavy (non-hydrogen) atoms. The lowest BCUT2D eigenvalue weighted by atomic mass is 9.56. The maximum Gasteiger partial charge on any atom is 0.0375 e. The van der Waals surface area contributed by atoms with Crippen molar-refractivity contribution < 1.29 is 0 Å². The fraction of sp³-hybridized carbons (Fsp3) is 0.294. The van der Waals surface area contributed by atoms with E-state index in [0.717, 1.165) is 0 Å². The number of benzene rings is 4. The largest absolute Gasteiger partial charge is 0.121 e. The first-order chi connectivity index (χ1) is 17.2. The molecule has 4 aromatic rings. The molecule has 0 heterocycles. The van der Waals surface area contributed by atoms with Gasteiger partial charge in [0.1, 0.15) is 0 Å². The normalized spacial score (nSPS) is 18.1. The van der Waals surface area contributed by atoms with Crippen LogP contribution in [0.15, 0.2) is 97.1 Å². The maximum atomic E-state index is 3.35. The van der Waals surface area contributed by atoms with Crippen LogP contribution in [0, 0.1) is 39.5 Å². The second-order valence-electron chi connectivity index (χ2n) is 11.0. The SMILES string of the molecule is Cc1ccc(C(P)(c2ccc(C)cc2)[C@@H]2CC[C@H]2C(P)(c2ccc(C)cc2)c2ccc(C)cc2)cc1. The fourth-order valence-corrected chi connectivity index (χ4v) is 7.66. The number of rotatable bonds is 6. The Hall–Kier alpha value is -2.26. The van der Waals surface area contributed by atoms with Crippen LogP contribution in [0.25, 0.3) is 0 Å². The van der Waals surface area contributed by atoms with Gasteiger partial charge in [0.05, 0.1) is 0 Å². The Morgan fingerprint density at radius 3 is 0.778 bits per heavy atom. The predicted octanol–water partition coefficient (Wildman–Crippen LogP) is 8.88. The van der Waals surface area contributed by atoms with E-state index in [2.05, 4.69) is 143 Å². The van der Waals surface area contributed by atoms with Crippen LogP contribution < -0.4 is 0 Å². The van der Waals surface area contributed by atoms with Crippen LogP contribution in [-0.4, -0.2) is 0 Å². The quantitative estimate of drug-likeness (QED) is 0.228. The van der Waals surface area contributed by atoms with Crippen molar-refractivity contribution in [1.29, 1.82) is 0 Å². The molecule has 184 valence electrons. The smallest absolute Gasteiger partial charge is 0.0375 e. The molecule has 4 aromatic carbocycles. The average molecular weight is 509 g/mol. The molecule has 1 fully saturated rings. The Kier molecular flexibility index (Phi) is 6.98. The summed E-state index contributed by atoms with van der Waals surface area (Å²) < 4.78 is 0. The number of hydrogen-bond donors (Lipinski definition) is 0. The lowest BCUT2D eigenvalue weighted by Gasteiger charge is -2.56. The molecule has 1 saturated carbocycles. The maximum absolute atomic E-state index is 3.35. The van der Waals surface area contributed by atoms with Crippen molar-refractivity contribution in [3.05, 3.63) is 142 Å². The molecular weight excluding hydrogens is 470 g/mol. The Labute approximate surface area is 222 Å². The minimum absolute atomic E-state index is 0.151. The molecular formula is C34H38P2. The van der Waals surface area contributed by atoms with Gasteiger partial charge in [0, 0.05) is 10.3 Å². The Morgan fingerprint density at radius 2 is 0.611 bits per heavy atom. The lowest BCUT2D eigenvalue weighted by molar-refractivity contribution is 0.110. The summed E-state index contributed by atoms with van der Waals surface area (Å²) in [6.45, 7) is 8.70. The molecule has 1 aliphatic rings. The first-order valence-electron chi connectivity index (χ1n) is 13.1. The van der Waals surface area contributed by atoms with Gasteiger partial charge in [-0.2, -0.15) is 0 Å². The molecule has 0 N–H and O–H groups in total. The zero-order chi connectivity index (χ0) is 25.5. The zero-order valence-corrected chi connectivity index (χ0v) is 24.3. The van der Waals surface area contributed by atoms with Gasteiger partial charge in [0.2, 0.25) is 0 Å². The van der Waals surface area contributed by atoms with E-state index in [0.29, 0.717) is 11.8 Å². The minimum atomic E-state index is -0.151. The third kappa shape index (κ3) is 4.38. The molecule has 0 aromatic heterocycles. The monoisotopic (exact) mass is 508 g/mol. The highest BCUT2D eigenvalue weighted by molar-refractivity contribution is 7.19. The molecule has 0 saturated heterocycles. The molecule has 2 unspecified atom stereocenters. The van der Waals surface area contributed by atoms with Crippen LogP contribution >= 0.6 is 18.5 Å². The van der Waals surface area contributed by atoms with E-state index in [4.69, 9.17) is 0 Å². The van der Waals surface area contributed by atoms with Gasteiger partial charge in [-0.1, -0.05) is 119 Å². The van der Waals surface area contributed by atoms with E-state index >= 15 is 0 Å². The van der Waals surface area contributed by atoms with E-state index in [9.17, 15) is 0 Å². The third-order valence-electron chi connectivity index (χ3n) is 8.56. The van der Waals surface area contributed by atoms with Gasteiger partial charge >= 0.3 is 0 Å². The fourth-order valence-electron chi connectivity index (χ4n) is 6.10. The van der Waals surface area contributed by atoms with E-state index in [-0.39, 0.29) is 10.3 Å². The van der Waals surface area contributed by atoms with Gasteiger partial charge in [-0.3, -0.25) is 0 Å². The zero-order valence-electron chi connectivity index (χ0n) is 22.0. The average Bonchev–Trinajstić information content (AvgIpc) is 2.84. The summed E-state index contributed by atoms with van der Waals surface area (Å²) >= 11 is 0. The molecule has 0 aliphatic heterocycles. The van der Waals surface area contributed by atoms with E-state index in [1.807, 2.05) is 0 Å². The van der Waals surface area contributed by atoms with E-state index in [1.54, 1.807) is 0 Å². The molecule has 5 rings (SSSR count). The Morgan fingerprint density at radius 1 is 0.417 bits per heavy atom. The van der Waals surface area contributed by atoms with E-state index in [1.165, 1.54) is 57.3 Å². The van der Waals surface area contributed by atoms with Crippen LogP contribution in [0.2, 0.25) is 0 Å². The summed E-state index contributed by atoms with van der Waals surface area (Å²) in [7, 11) is 6.70. The van der Waals surface area contributed by atoms with Gasteiger partial charge in [0.15, 0.2) is 0 Å². The van der Waals surface area contributed by atoms with Gasteiger partial charge in [-0.15, -0.1) is 18.5 Å². The molecule has 0 nitrogen and oxygen atoms in total. The topological polar surface area (TPSA) is 0 Å². The van der Waals surface area contributed by atoms with Crippen molar-refractivity contribution in [2.45, 2.75) is 50.8 Å². The molecule has 0 spiro atoms. The van der Waals surface area contributed by atoms with Crippen molar-refractivity contribution in [1.82, 2.24) is 0 Å². The highest BCUT2D eigenvalue weighted by atomic mass is 31.0. The summed E-state index contributed by atoms with van der Waals surface area (Å²) in [5, 5.41) is -0.303. The summed E-state index contributed by atoms with van der Waals surface area (Å²) in [4.78, 5) is 0. The second kappa shape index (κ2) is 9.89. The Bertz CT molecular complexity index is 1120. The van der Waals surface area contributed by atoms with Gasteiger partial charge in [-0.05, 0) is 74.6 Å². The summed E-state index contributed by atoms with van der Waals surface area (Å²) in [5.74, 6) is 0.959. The highest BCUT2D eigenvalue weighted by Gasteiger charge is 2.54. The number of hydrogen-bond acceptors (Lipinski definition) is 0. The van der Waals surface area contributed by atoms with Crippen molar-refractivity contribution >= 4 is 18.5 Å². The van der Waals surface area contributed by atoms with Crippen LogP contribution in [0.4, 0.5) is 0 Å². The van der Waals surface area contributed by atoms with Gasteiger partial charge < -0.3 is 0 Å². The van der Waals surface area contributed by atoms with Crippen molar-refractivity contribution in [3.8, 4) is 0 Å². The second-order valence-corrected chi connectivity index (χ2v) is 12.8. The standard InChI is InChI=1S/C34H38P2/c1-23-5-13-27(14-6-23)33(35,28-15-7-24(2)8-16-28)31-21-22-32(31)34(36,29-17-9-25(3)10-18-29)30-19-11-26(4)12-20-30/h5-20,31-32H,21-22,35-36H2,1-4H3/t31-,32-/m1/s1. The van der Waals surface area contributed by atoms with Crippen molar-refractivity contribution in [2.24, 2.45) is 11.8 Å². The lowest BCUT2D eigenvalue weighted by Crippen LogP contribution is -2.49. The summed E-state index contributed by atoms with van der Waals surface area (Å²) in [6, 6.07) is 36.9. The van der Waals surface area contributed by atoms with Crippen LogP contribution in [0.1, 0.15) is 57.3 Å². The Balaban J connectivity index is 1.67. The first-order valence-corrected chi connectivity index (χ1v) is 14.2. The molecule has 4 atom stereocenters. The predicted molar refractivity (Wildman–Crippen MR) is 162 cm³/mol. The van der Waals surface area contributed by atoms with Crippen molar-refractivity contribution in [2.75, 3.05) is 0 Å². The highest BCUT2D eigenvalue weighted by Crippen LogP contribution is 2.63. The molecule has 0 bridgehead atoms. The van der Waals surface area contributed by atoms with Gasteiger partial charge in [0.25, 0.3) is 0 Å². The first kappa shape index (κ1) is 25.4. The summed E-state index contributed by atoms with van der Waals surface area (Å²) in [5.41, 5.74) is 10.8. The van der Waals surface area contributed by atoms with Crippen molar-refractivity contribution in [3.63, 3.8) is 0 Å². The third-order valence-corrected chi connectivity index (χ3v) is 10.8. The minimum Gasteiger partial charge on any atom is -0.121 e. The summed E-state index contributed by atoms with van der Waals surface area (Å²) in [6.07, 6.45) is 2.42. The molecule has 0 amide bonds. The van der Waals surface area contributed by atoms with Crippen LogP contribution in [0.5, 0.6) is 0 Å². The molecule has 2 heteroatoms. The molecule has 0 radical (unpaired) electrons. The van der Waals surface area contributed by atoms with Crippen LogP contribution in [-0.2, 0) is 10.3 Å². The van der Waals surface area contributed by atoms with E-state index < -0.39 is 0 Å².